The van der Waals surface area contributed by atoms with E-state index in [1.807, 2.05) is 0 Å². The van der Waals surface area contributed by atoms with Crippen molar-refractivity contribution in [3.8, 4) is 0 Å². The second-order valence-electron chi connectivity index (χ2n) is 5.96. The van der Waals surface area contributed by atoms with Crippen LogP contribution in [0.4, 0.5) is 4.39 Å². The fourth-order valence-electron chi connectivity index (χ4n) is 2.48. The molecule has 0 spiro atoms. The molecule has 0 saturated carbocycles. The van der Waals surface area contributed by atoms with Crippen molar-refractivity contribution >= 4 is 5.91 Å². The number of likely N-dealkylation sites (N-methyl/N-ethyl adjacent to an activating group) is 2. The first-order valence-electron chi connectivity index (χ1n) is 7.89. The van der Waals surface area contributed by atoms with E-state index in [4.69, 9.17) is 9.26 Å². The van der Waals surface area contributed by atoms with Crippen LogP contribution >= 0.6 is 0 Å². The van der Waals surface area contributed by atoms with Crippen LogP contribution < -0.4 is 0 Å². The third kappa shape index (κ3) is 5.07. The van der Waals surface area contributed by atoms with Gasteiger partial charge in [-0.3, -0.25) is 9.69 Å². The molecule has 2 rings (SSSR count). The molecule has 1 aromatic heterocycles. The minimum absolute atomic E-state index is 0.179. The quantitative estimate of drug-likeness (QED) is 0.721. The van der Waals surface area contributed by atoms with Crippen LogP contribution in [-0.4, -0.2) is 60.7 Å². The second-order valence-corrected chi connectivity index (χ2v) is 5.96. The predicted octanol–water partition coefficient (Wildman–Crippen LogP) is 1.66. The van der Waals surface area contributed by atoms with Crippen molar-refractivity contribution in [1.29, 1.82) is 0 Å². The minimum Gasteiger partial charge on any atom is -0.384 e. The van der Waals surface area contributed by atoms with Crippen molar-refractivity contribution in [2.45, 2.75) is 19.0 Å². The first-order chi connectivity index (χ1) is 11.9. The number of ether oxygens (including phenoxy) is 1. The molecule has 1 unspecified atom stereocenters. The number of rotatable bonds is 8. The normalized spacial score (nSPS) is 12.4. The van der Waals surface area contributed by atoms with Crippen LogP contribution in [0.2, 0.25) is 0 Å². The number of nitrogens with zero attached hydrogens (tertiary/aromatic N) is 4. The summed E-state index contributed by atoms with van der Waals surface area (Å²) in [5.74, 6) is 0.317. The van der Waals surface area contributed by atoms with Crippen LogP contribution in [0.25, 0.3) is 0 Å². The summed E-state index contributed by atoms with van der Waals surface area (Å²) >= 11 is 0. The Morgan fingerprint density at radius 1 is 1.36 bits per heavy atom. The van der Waals surface area contributed by atoms with Gasteiger partial charge in [-0.1, -0.05) is 17.3 Å². The first kappa shape index (κ1) is 19.0. The zero-order chi connectivity index (χ0) is 18.4. The number of amides is 1. The molecule has 0 aliphatic carbocycles. The average molecular weight is 350 g/mol. The second kappa shape index (κ2) is 8.68. The molecule has 0 fully saturated rings. The summed E-state index contributed by atoms with van der Waals surface area (Å²) < 4.78 is 23.7. The fraction of sp³-hybridized carbons (Fsp3) is 0.471. The van der Waals surface area contributed by atoms with Crippen LogP contribution in [0, 0.1) is 5.82 Å². The van der Waals surface area contributed by atoms with Gasteiger partial charge in [0, 0.05) is 20.6 Å². The third-order valence-electron chi connectivity index (χ3n) is 3.70. The standard InChI is InChI=1S/C17H23FN4O3/c1-21(2)16(12-6-5-7-13(18)10-12)17(23)22(3)11-15-19-14(20-25-15)8-9-24-4/h5-7,10,16H,8-9,11H2,1-4H3. The summed E-state index contributed by atoms with van der Waals surface area (Å²) in [6, 6.07) is 5.44. The summed E-state index contributed by atoms with van der Waals surface area (Å²) in [5.41, 5.74) is 0.591. The molecule has 1 aromatic carbocycles. The molecule has 1 heterocycles. The molecule has 2 aromatic rings. The number of halogens is 1. The predicted molar refractivity (Wildman–Crippen MR) is 89.2 cm³/mol. The Hall–Kier alpha value is -2.32. The molecule has 7 nitrogen and oxygen atoms in total. The monoisotopic (exact) mass is 350 g/mol. The van der Waals surface area contributed by atoms with Crippen LogP contribution in [0.1, 0.15) is 23.3 Å². The Bertz CT molecular complexity index is 705. The largest absolute Gasteiger partial charge is 0.384 e. The molecule has 0 aliphatic rings. The maximum atomic E-state index is 13.5. The van der Waals surface area contributed by atoms with Crippen molar-refractivity contribution in [1.82, 2.24) is 19.9 Å². The molecule has 0 N–H and O–H groups in total. The third-order valence-corrected chi connectivity index (χ3v) is 3.70. The van der Waals surface area contributed by atoms with Gasteiger partial charge in [-0.05, 0) is 31.8 Å². The average Bonchev–Trinajstić information content (AvgIpc) is 3.00. The summed E-state index contributed by atoms with van der Waals surface area (Å²) in [6.45, 7) is 0.675. The van der Waals surface area contributed by atoms with Gasteiger partial charge in [0.15, 0.2) is 5.82 Å². The number of carbonyl (C=O) groups excluding carboxylic acids is 1. The van der Waals surface area contributed by atoms with Crippen LogP contribution in [0.15, 0.2) is 28.8 Å². The van der Waals surface area contributed by atoms with Gasteiger partial charge < -0.3 is 14.2 Å². The Morgan fingerprint density at radius 3 is 2.76 bits per heavy atom. The lowest BCUT2D eigenvalue weighted by molar-refractivity contribution is -0.135. The lowest BCUT2D eigenvalue weighted by atomic mass is 10.0. The number of methoxy groups -OCH3 is 1. The zero-order valence-electron chi connectivity index (χ0n) is 14.9. The molecule has 0 bridgehead atoms. The van der Waals surface area contributed by atoms with E-state index in [1.54, 1.807) is 45.3 Å². The zero-order valence-corrected chi connectivity index (χ0v) is 14.9. The first-order valence-corrected chi connectivity index (χ1v) is 7.89. The SMILES string of the molecule is COCCc1noc(CN(C)C(=O)C(c2cccc(F)c2)N(C)C)n1. The smallest absolute Gasteiger partial charge is 0.246 e. The molecule has 1 amide bonds. The molecule has 136 valence electrons. The highest BCUT2D eigenvalue weighted by Gasteiger charge is 2.27. The molecule has 0 aliphatic heterocycles. The Balaban J connectivity index is 2.09. The van der Waals surface area contributed by atoms with Gasteiger partial charge in [0.05, 0.1) is 13.2 Å². The molecule has 8 heteroatoms. The summed E-state index contributed by atoms with van der Waals surface area (Å²) in [6.07, 6.45) is 0.543. The Morgan fingerprint density at radius 2 is 2.12 bits per heavy atom. The van der Waals surface area contributed by atoms with E-state index in [-0.39, 0.29) is 18.3 Å². The number of hydrogen-bond acceptors (Lipinski definition) is 6. The maximum Gasteiger partial charge on any atom is 0.246 e. The molecular formula is C17H23FN4O3. The van der Waals surface area contributed by atoms with Gasteiger partial charge in [0.25, 0.3) is 0 Å². The topological polar surface area (TPSA) is 71.7 Å². The number of benzene rings is 1. The molecule has 1 atom stereocenters. The Labute approximate surface area is 146 Å². The molecule has 0 saturated heterocycles. The van der Waals surface area contributed by atoms with Gasteiger partial charge in [-0.15, -0.1) is 0 Å². The van der Waals surface area contributed by atoms with Crippen molar-refractivity contribution in [2.75, 3.05) is 34.9 Å². The lowest BCUT2D eigenvalue weighted by Crippen LogP contribution is -2.38. The maximum absolute atomic E-state index is 13.5. The molecular weight excluding hydrogens is 327 g/mol. The molecule has 0 radical (unpaired) electrons. The van der Waals surface area contributed by atoms with Gasteiger partial charge >= 0.3 is 0 Å². The van der Waals surface area contributed by atoms with E-state index in [0.29, 0.717) is 30.3 Å². The van der Waals surface area contributed by atoms with Crippen LogP contribution in [0.3, 0.4) is 0 Å². The van der Waals surface area contributed by atoms with E-state index < -0.39 is 6.04 Å². The van der Waals surface area contributed by atoms with E-state index in [2.05, 4.69) is 10.1 Å². The fourth-order valence-corrected chi connectivity index (χ4v) is 2.48. The Kier molecular flexibility index (Phi) is 6.60. The lowest BCUT2D eigenvalue weighted by Gasteiger charge is -2.28. The molecule has 25 heavy (non-hydrogen) atoms. The van der Waals surface area contributed by atoms with Crippen molar-refractivity contribution in [3.05, 3.63) is 47.4 Å². The van der Waals surface area contributed by atoms with E-state index in [9.17, 15) is 9.18 Å². The minimum atomic E-state index is -0.600. The van der Waals surface area contributed by atoms with Crippen LogP contribution in [-0.2, 0) is 22.5 Å². The van der Waals surface area contributed by atoms with Gasteiger partial charge in [0.2, 0.25) is 11.8 Å². The van der Waals surface area contributed by atoms with E-state index in [0.717, 1.165) is 0 Å². The number of hydrogen-bond donors (Lipinski definition) is 0. The summed E-state index contributed by atoms with van der Waals surface area (Å²) in [4.78, 5) is 20.3. The van der Waals surface area contributed by atoms with E-state index in [1.165, 1.54) is 17.0 Å². The number of aromatic nitrogens is 2. The van der Waals surface area contributed by atoms with E-state index >= 15 is 0 Å². The summed E-state index contributed by atoms with van der Waals surface area (Å²) in [5, 5.41) is 3.85. The van der Waals surface area contributed by atoms with Gasteiger partial charge in [-0.25, -0.2) is 4.39 Å². The van der Waals surface area contributed by atoms with Crippen molar-refractivity contribution < 1.29 is 18.4 Å². The van der Waals surface area contributed by atoms with Gasteiger partial charge in [0.1, 0.15) is 11.9 Å². The highest BCUT2D eigenvalue weighted by atomic mass is 19.1. The van der Waals surface area contributed by atoms with Crippen LogP contribution in [0.5, 0.6) is 0 Å². The van der Waals surface area contributed by atoms with Gasteiger partial charge in [-0.2, -0.15) is 4.98 Å². The highest BCUT2D eigenvalue weighted by Crippen LogP contribution is 2.22. The highest BCUT2D eigenvalue weighted by molar-refractivity contribution is 5.83. The van der Waals surface area contributed by atoms with Crippen molar-refractivity contribution in [2.24, 2.45) is 0 Å². The number of carbonyl (C=O) groups is 1. The van der Waals surface area contributed by atoms with Crippen molar-refractivity contribution in [3.63, 3.8) is 0 Å². The summed E-state index contributed by atoms with van der Waals surface area (Å²) in [7, 11) is 6.80.